The van der Waals surface area contributed by atoms with Crippen LogP contribution >= 0.6 is 15.9 Å². The van der Waals surface area contributed by atoms with Crippen LogP contribution in [-0.4, -0.2) is 26.1 Å². The van der Waals surface area contributed by atoms with Gasteiger partial charge in [0.25, 0.3) is 0 Å². The third kappa shape index (κ3) is 1.71. The minimum atomic E-state index is -1.08. The van der Waals surface area contributed by atoms with Gasteiger partial charge in [0.1, 0.15) is 5.69 Å². The first-order valence-corrected chi connectivity index (χ1v) is 5.28. The van der Waals surface area contributed by atoms with Crippen LogP contribution in [0.3, 0.4) is 0 Å². The third-order valence-corrected chi connectivity index (χ3v) is 2.85. The molecular weight excluding hydrogens is 274 g/mol. The predicted molar refractivity (Wildman–Crippen MR) is 61.1 cm³/mol. The molecule has 0 bridgehead atoms. The minimum absolute atomic E-state index is 0.0469. The third-order valence-electron chi connectivity index (χ3n) is 2.16. The Kier molecular flexibility index (Phi) is 2.74. The summed E-state index contributed by atoms with van der Waals surface area (Å²) in [5.41, 5.74) is 1.20. The molecule has 2 rings (SSSR count). The topological polar surface area (TPSA) is 68.0 Å². The number of hydrogen-bond donors (Lipinski definition) is 1. The number of carboxylic acids is 1. The SMILES string of the molecule is Cn1nnc(C(=O)O)c1-c1ccccc1Br. The van der Waals surface area contributed by atoms with Crippen LogP contribution in [0.2, 0.25) is 0 Å². The van der Waals surface area contributed by atoms with Crippen LogP contribution in [0.25, 0.3) is 11.3 Å². The monoisotopic (exact) mass is 281 g/mol. The molecule has 0 aliphatic carbocycles. The molecular formula is C10H8BrN3O2. The number of nitrogens with zero attached hydrogens (tertiary/aromatic N) is 3. The minimum Gasteiger partial charge on any atom is -0.476 e. The van der Waals surface area contributed by atoms with Gasteiger partial charge in [0.15, 0.2) is 5.69 Å². The summed E-state index contributed by atoms with van der Waals surface area (Å²) in [7, 11) is 1.66. The fourth-order valence-electron chi connectivity index (χ4n) is 1.46. The second-order valence-corrected chi connectivity index (χ2v) is 4.05. The lowest BCUT2D eigenvalue weighted by Crippen LogP contribution is -2.01. The van der Waals surface area contributed by atoms with E-state index in [1.54, 1.807) is 7.05 Å². The zero-order chi connectivity index (χ0) is 11.7. The van der Waals surface area contributed by atoms with E-state index >= 15 is 0 Å². The van der Waals surface area contributed by atoms with E-state index in [1.807, 2.05) is 24.3 Å². The summed E-state index contributed by atoms with van der Waals surface area (Å²) in [5, 5.41) is 16.3. The fraction of sp³-hybridized carbons (Fsp3) is 0.100. The lowest BCUT2D eigenvalue weighted by Gasteiger charge is -2.04. The van der Waals surface area contributed by atoms with Crippen LogP contribution in [-0.2, 0) is 7.05 Å². The van der Waals surface area contributed by atoms with Crippen LogP contribution < -0.4 is 0 Å². The van der Waals surface area contributed by atoms with Crippen molar-refractivity contribution in [3.8, 4) is 11.3 Å². The number of carboxylic acid groups (broad SMARTS) is 1. The molecule has 6 heteroatoms. The van der Waals surface area contributed by atoms with E-state index in [1.165, 1.54) is 4.68 Å². The molecule has 0 radical (unpaired) electrons. The number of halogens is 1. The highest BCUT2D eigenvalue weighted by Gasteiger charge is 2.20. The van der Waals surface area contributed by atoms with Gasteiger partial charge in [-0.05, 0) is 6.07 Å². The van der Waals surface area contributed by atoms with Crippen molar-refractivity contribution < 1.29 is 9.90 Å². The van der Waals surface area contributed by atoms with Crippen molar-refractivity contribution in [1.82, 2.24) is 15.0 Å². The molecule has 2 aromatic rings. The van der Waals surface area contributed by atoms with Crippen LogP contribution in [0.15, 0.2) is 28.7 Å². The van der Waals surface area contributed by atoms with E-state index in [9.17, 15) is 4.79 Å². The molecule has 1 aromatic heterocycles. The summed E-state index contributed by atoms with van der Waals surface area (Å²) < 4.78 is 2.26. The maximum atomic E-state index is 11.0. The molecule has 16 heavy (non-hydrogen) atoms. The van der Waals surface area contributed by atoms with E-state index in [2.05, 4.69) is 26.2 Å². The quantitative estimate of drug-likeness (QED) is 0.914. The Morgan fingerprint density at radius 2 is 2.12 bits per heavy atom. The molecule has 1 N–H and O–H groups in total. The number of hydrogen-bond acceptors (Lipinski definition) is 3. The summed E-state index contributed by atoms with van der Waals surface area (Å²) in [6.45, 7) is 0. The average Bonchev–Trinajstić information content (AvgIpc) is 2.61. The van der Waals surface area contributed by atoms with Gasteiger partial charge in [0.2, 0.25) is 0 Å². The molecule has 0 atom stereocenters. The summed E-state index contributed by atoms with van der Waals surface area (Å²) in [5.74, 6) is -1.08. The zero-order valence-corrected chi connectivity index (χ0v) is 9.97. The standard InChI is InChI=1S/C10H8BrN3O2/c1-14-9(8(10(15)16)12-13-14)6-4-2-3-5-7(6)11/h2-5H,1H3,(H,15,16). The molecule has 1 aromatic carbocycles. The van der Waals surface area contributed by atoms with Gasteiger partial charge in [0.05, 0.1) is 0 Å². The number of aryl methyl sites for hydroxylation is 1. The molecule has 0 amide bonds. The van der Waals surface area contributed by atoms with Crippen molar-refractivity contribution in [2.24, 2.45) is 7.05 Å². The highest BCUT2D eigenvalue weighted by Crippen LogP contribution is 2.29. The van der Waals surface area contributed by atoms with Gasteiger partial charge in [-0.15, -0.1) is 5.10 Å². The first-order valence-electron chi connectivity index (χ1n) is 4.49. The van der Waals surface area contributed by atoms with E-state index in [0.717, 1.165) is 10.0 Å². The number of aromatic nitrogens is 3. The molecule has 0 aliphatic rings. The first-order chi connectivity index (χ1) is 7.61. The van der Waals surface area contributed by atoms with Crippen LogP contribution in [0.1, 0.15) is 10.5 Å². The van der Waals surface area contributed by atoms with Gasteiger partial charge in [0, 0.05) is 17.1 Å². The lowest BCUT2D eigenvalue weighted by molar-refractivity contribution is 0.0691. The Labute approximate surface area is 99.8 Å². The first kappa shape index (κ1) is 10.8. The second kappa shape index (κ2) is 4.05. The van der Waals surface area contributed by atoms with E-state index < -0.39 is 5.97 Å². The Morgan fingerprint density at radius 1 is 1.44 bits per heavy atom. The molecule has 0 aliphatic heterocycles. The van der Waals surface area contributed by atoms with E-state index in [0.29, 0.717) is 5.69 Å². The van der Waals surface area contributed by atoms with Crippen molar-refractivity contribution in [3.05, 3.63) is 34.4 Å². The Balaban J connectivity index is 2.68. The fourth-order valence-corrected chi connectivity index (χ4v) is 1.93. The number of aromatic carboxylic acids is 1. The number of benzene rings is 1. The van der Waals surface area contributed by atoms with Gasteiger partial charge >= 0.3 is 5.97 Å². The smallest absolute Gasteiger partial charge is 0.358 e. The molecule has 1 heterocycles. The van der Waals surface area contributed by atoms with Gasteiger partial charge in [-0.1, -0.05) is 39.3 Å². The molecule has 0 fully saturated rings. The van der Waals surface area contributed by atoms with Gasteiger partial charge in [-0.2, -0.15) is 0 Å². The molecule has 82 valence electrons. The maximum absolute atomic E-state index is 11.0. The van der Waals surface area contributed by atoms with Crippen molar-refractivity contribution in [2.45, 2.75) is 0 Å². The van der Waals surface area contributed by atoms with Gasteiger partial charge < -0.3 is 5.11 Å². The number of carbonyl (C=O) groups is 1. The summed E-state index contributed by atoms with van der Waals surface area (Å²) in [6, 6.07) is 7.35. The Bertz CT molecular complexity index is 551. The van der Waals surface area contributed by atoms with E-state index in [-0.39, 0.29) is 5.69 Å². The number of rotatable bonds is 2. The average molecular weight is 282 g/mol. The van der Waals surface area contributed by atoms with Crippen LogP contribution in [0.5, 0.6) is 0 Å². The second-order valence-electron chi connectivity index (χ2n) is 3.20. The predicted octanol–water partition coefficient (Wildman–Crippen LogP) is 1.94. The maximum Gasteiger partial charge on any atom is 0.358 e. The van der Waals surface area contributed by atoms with E-state index in [4.69, 9.17) is 5.11 Å². The van der Waals surface area contributed by atoms with Crippen molar-refractivity contribution >= 4 is 21.9 Å². The molecule has 0 spiro atoms. The summed E-state index contributed by atoms with van der Waals surface area (Å²) in [6.07, 6.45) is 0. The zero-order valence-electron chi connectivity index (χ0n) is 8.38. The molecule has 0 saturated heterocycles. The Hall–Kier alpha value is -1.69. The Morgan fingerprint density at radius 3 is 2.75 bits per heavy atom. The van der Waals surface area contributed by atoms with Crippen LogP contribution in [0, 0.1) is 0 Å². The van der Waals surface area contributed by atoms with Crippen molar-refractivity contribution in [1.29, 1.82) is 0 Å². The molecule has 5 nitrogen and oxygen atoms in total. The van der Waals surface area contributed by atoms with Crippen molar-refractivity contribution in [2.75, 3.05) is 0 Å². The highest BCUT2D eigenvalue weighted by molar-refractivity contribution is 9.10. The van der Waals surface area contributed by atoms with Crippen LogP contribution in [0.4, 0.5) is 0 Å². The molecule has 0 saturated carbocycles. The highest BCUT2D eigenvalue weighted by atomic mass is 79.9. The molecule has 0 unspecified atom stereocenters. The van der Waals surface area contributed by atoms with Crippen molar-refractivity contribution in [3.63, 3.8) is 0 Å². The summed E-state index contributed by atoms with van der Waals surface area (Å²) in [4.78, 5) is 11.0. The normalized spacial score (nSPS) is 10.4. The lowest BCUT2D eigenvalue weighted by atomic mass is 10.1. The van der Waals surface area contributed by atoms with Gasteiger partial charge in [-0.3, -0.25) is 0 Å². The van der Waals surface area contributed by atoms with Gasteiger partial charge in [-0.25, -0.2) is 9.48 Å². The summed E-state index contributed by atoms with van der Waals surface area (Å²) >= 11 is 3.37. The largest absolute Gasteiger partial charge is 0.476 e.